The Morgan fingerprint density at radius 2 is 2.06 bits per heavy atom. The topological polar surface area (TPSA) is 77.4 Å². The van der Waals surface area contributed by atoms with Gasteiger partial charge in [0, 0.05) is 30.4 Å². The second-order valence-corrected chi connectivity index (χ2v) is 7.77. The second kappa shape index (κ2) is 9.49. The molecule has 1 unspecified atom stereocenters. The van der Waals surface area contributed by atoms with E-state index in [0.717, 1.165) is 24.9 Å². The highest BCUT2D eigenvalue weighted by atomic mass is 35.5. The number of pyridine rings is 1. The normalized spacial score (nSPS) is 15.7. The predicted octanol–water partition coefficient (Wildman–Crippen LogP) is 5.00. The van der Waals surface area contributed by atoms with Gasteiger partial charge in [-0.25, -0.2) is 15.0 Å². The summed E-state index contributed by atoms with van der Waals surface area (Å²) in [6, 6.07) is 8.87. The van der Waals surface area contributed by atoms with Crippen LogP contribution in [-0.4, -0.2) is 40.4 Å². The smallest absolute Gasteiger partial charge is 0.232 e. The number of nitrogens with zero attached hydrogens (tertiary/aromatic N) is 4. The van der Waals surface area contributed by atoms with E-state index in [1.165, 1.54) is 6.33 Å². The van der Waals surface area contributed by atoms with E-state index in [-0.39, 0.29) is 6.10 Å². The zero-order valence-electron chi connectivity index (χ0n) is 16.8. The SMILES string of the molecule is CCc1c(Cl)ncnc1Oc1ccc(N2CCC(Oc3ncccc3Cl)C2)c(C=O)c1. The van der Waals surface area contributed by atoms with Crippen molar-refractivity contribution in [2.75, 3.05) is 18.0 Å². The first-order chi connectivity index (χ1) is 15.1. The van der Waals surface area contributed by atoms with Crippen molar-refractivity contribution in [1.82, 2.24) is 15.0 Å². The molecule has 0 saturated carbocycles. The molecule has 0 amide bonds. The van der Waals surface area contributed by atoms with E-state index < -0.39 is 0 Å². The number of benzene rings is 1. The molecule has 4 rings (SSSR count). The first kappa shape index (κ1) is 21.3. The third kappa shape index (κ3) is 4.73. The van der Waals surface area contributed by atoms with Crippen LogP contribution in [0.25, 0.3) is 0 Å². The lowest BCUT2D eigenvalue weighted by atomic mass is 10.1. The summed E-state index contributed by atoms with van der Waals surface area (Å²) in [5.74, 6) is 1.31. The summed E-state index contributed by atoms with van der Waals surface area (Å²) in [6.07, 6.45) is 5.17. The fourth-order valence-electron chi connectivity index (χ4n) is 3.51. The Bertz CT molecular complexity index is 1100. The monoisotopic (exact) mass is 458 g/mol. The van der Waals surface area contributed by atoms with Crippen molar-refractivity contribution in [1.29, 1.82) is 0 Å². The Morgan fingerprint density at radius 1 is 1.19 bits per heavy atom. The number of rotatable bonds is 7. The lowest BCUT2D eigenvalue weighted by Crippen LogP contribution is -2.25. The molecule has 1 atom stereocenters. The lowest BCUT2D eigenvalue weighted by Gasteiger charge is -2.21. The average molecular weight is 459 g/mol. The van der Waals surface area contributed by atoms with Gasteiger partial charge in [-0.05, 0) is 36.8 Å². The molecule has 31 heavy (non-hydrogen) atoms. The minimum atomic E-state index is -0.0712. The van der Waals surface area contributed by atoms with Crippen molar-refractivity contribution in [3.63, 3.8) is 0 Å². The highest BCUT2D eigenvalue weighted by molar-refractivity contribution is 6.31. The summed E-state index contributed by atoms with van der Waals surface area (Å²) >= 11 is 12.3. The van der Waals surface area contributed by atoms with Gasteiger partial charge in [0.25, 0.3) is 0 Å². The maximum Gasteiger partial charge on any atom is 0.232 e. The van der Waals surface area contributed by atoms with Gasteiger partial charge in [0.05, 0.1) is 12.1 Å². The van der Waals surface area contributed by atoms with E-state index >= 15 is 0 Å². The molecule has 1 aliphatic heterocycles. The summed E-state index contributed by atoms with van der Waals surface area (Å²) in [5, 5.41) is 0.836. The Labute approximate surface area is 190 Å². The van der Waals surface area contributed by atoms with E-state index in [2.05, 4.69) is 19.9 Å². The van der Waals surface area contributed by atoms with Gasteiger partial charge in [-0.15, -0.1) is 0 Å². The Morgan fingerprint density at radius 3 is 2.84 bits per heavy atom. The van der Waals surface area contributed by atoms with Crippen LogP contribution >= 0.6 is 23.2 Å². The molecule has 1 fully saturated rings. The molecule has 3 heterocycles. The summed E-state index contributed by atoms with van der Waals surface area (Å²) in [5.41, 5.74) is 2.05. The maximum atomic E-state index is 11.8. The predicted molar refractivity (Wildman–Crippen MR) is 119 cm³/mol. The molecule has 0 spiro atoms. The molecule has 3 aromatic rings. The van der Waals surface area contributed by atoms with Gasteiger partial charge < -0.3 is 14.4 Å². The van der Waals surface area contributed by atoms with E-state index in [1.54, 1.807) is 24.4 Å². The zero-order valence-corrected chi connectivity index (χ0v) is 18.3. The van der Waals surface area contributed by atoms with Crippen LogP contribution in [0.15, 0.2) is 42.9 Å². The highest BCUT2D eigenvalue weighted by Gasteiger charge is 2.27. The van der Waals surface area contributed by atoms with Crippen molar-refractivity contribution < 1.29 is 14.3 Å². The van der Waals surface area contributed by atoms with Gasteiger partial charge in [-0.1, -0.05) is 30.1 Å². The first-order valence-electron chi connectivity index (χ1n) is 9.87. The Hall–Kier alpha value is -2.90. The van der Waals surface area contributed by atoms with Gasteiger partial charge in [0.1, 0.15) is 28.4 Å². The van der Waals surface area contributed by atoms with Crippen LogP contribution in [0.2, 0.25) is 10.2 Å². The van der Waals surface area contributed by atoms with Gasteiger partial charge in [0.15, 0.2) is 6.29 Å². The van der Waals surface area contributed by atoms with Gasteiger partial charge in [-0.3, -0.25) is 4.79 Å². The molecule has 1 saturated heterocycles. The molecule has 1 aliphatic rings. The van der Waals surface area contributed by atoms with E-state index in [9.17, 15) is 4.79 Å². The summed E-state index contributed by atoms with van der Waals surface area (Å²) in [7, 11) is 0. The summed E-state index contributed by atoms with van der Waals surface area (Å²) < 4.78 is 11.8. The second-order valence-electron chi connectivity index (χ2n) is 7.01. The third-order valence-corrected chi connectivity index (χ3v) is 5.65. The molecular formula is C22H20Cl2N4O3. The molecule has 7 nitrogen and oxygen atoms in total. The van der Waals surface area contributed by atoms with Crippen LogP contribution in [0, 0.1) is 0 Å². The number of hydrogen-bond acceptors (Lipinski definition) is 7. The quantitative estimate of drug-likeness (QED) is 0.363. The fraction of sp³-hybridized carbons (Fsp3) is 0.273. The van der Waals surface area contributed by atoms with Crippen LogP contribution in [0.5, 0.6) is 17.5 Å². The highest BCUT2D eigenvalue weighted by Crippen LogP contribution is 2.32. The van der Waals surface area contributed by atoms with E-state index in [0.29, 0.717) is 51.8 Å². The van der Waals surface area contributed by atoms with E-state index in [1.807, 2.05) is 19.1 Å². The lowest BCUT2D eigenvalue weighted by molar-refractivity contribution is 0.112. The van der Waals surface area contributed by atoms with Crippen LogP contribution in [0.1, 0.15) is 29.3 Å². The number of anilines is 1. The van der Waals surface area contributed by atoms with Crippen molar-refractivity contribution >= 4 is 35.2 Å². The Balaban J connectivity index is 1.50. The fourth-order valence-corrected chi connectivity index (χ4v) is 3.93. The molecular weight excluding hydrogens is 439 g/mol. The summed E-state index contributed by atoms with van der Waals surface area (Å²) in [6.45, 7) is 3.31. The largest absolute Gasteiger partial charge is 0.471 e. The number of hydrogen-bond donors (Lipinski definition) is 0. The first-order valence-corrected chi connectivity index (χ1v) is 10.6. The van der Waals surface area contributed by atoms with Gasteiger partial charge in [-0.2, -0.15) is 0 Å². The van der Waals surface area contributed by atoms with Crippen LogP contribution in [0.4, 0.5) is 5.69 Å². The molecule has 1 aromatic carbocycles. The zero-order chi connectivity index (χ0) is 21.8. The molecule has 9 heteroatoms. The van der Waals surface area contributed by atoms with Crippen LogP contribution in [-0.2, 0) is 6.42 Å². The number of carbonyl (C=O) groups is 1. The minimum absolute atomic E-state index is 0.0712. The Kier molecular flexibility index (Phi) is 6.53. The summed E-state index contributed by atoms with van der Waals surface area (Å²) in [4.78, 5) is 26.2. The molecule has 0 aliphatic carbocycles. The van der Waals surface area contributed by atoms with Crippen molar-refractivity contribution in [3.05, 3.63) is 64.2 Å². The number of halogens is 2. The van der Waals surface area contributed by atoms with Crippen molar-refractivity contribution in [3.8, 4) is 17.5 Å². The minimum Gasteiger partial charge on any atom is -0.471 e. The van der Waals surface area contributed by atoms with Crippen LogP contribution < -0.4 is 14.4 Å². The van der Waals surface area contributed by atoms with Gasteiger partial charge >= 0.3 is 0 Å². The number of aldehydes is 1. The molecule has 2 aromatic heterocycles. The molecule has 0 N–H and O–H groups in total. The van der Waals surface area contributed by atoms with E-state index in [4.69, 9.17) is 32.7 Å². The van der Waals surface area contributed by atoms with Crippen molar-refractivity contribution in [2.24, 2.45) is 0 Å². The maximum absolute atomic E-state index is 11.8. The number of aromatic nitrogens is 3. The van der Waals surface area contributed by atoms with Crippen LogP contribution in [0.3, 0.4) is 0 Å². The molecule has 0 radical (unpaired) electrons. The third-order valence-electron chi connectivity index (χ3n) is 5.04. The molecule has 160 valence electrons. The molecule has 0 bridgehead atoms. The number of carbonyl (C=O) groups excluding carboxylic acids is 1. The number of ether oxygens (including phenoxy) is 2. The standard InChI is InChI=1S/C22H20Cl2N4O3/c1-2-17-20(24)26-13-27-21(17)30-15-5-6-19(14(10-15)12-29)28-9-7-16(11-28)31-22-18(23)4-3-8-25-22/h3-6,8,10,12-13,16H,2,7,9,11H2,1H3. The van der Waals surface area contributed by atoms with Crippen molar-refractivity contribution in [2.45, 2.75) is 25.9 Å². The average Bonchev–Trinajstić information content (AvgIpc) is 3.24. The van der Waals surface area contributed by atoms with Gasteiger partial charge in [0.2, 0.25) is 11.8 Å².